The molecule has 0 unspecified atom stereocenters. The summed E-state index contributed by atoms with van der Waals surface area (Å²) in [5.41, 5.74) is 1.98. The average molecular weight is 340 g/mol. The number of benzene rings is 1. The van der Waals surface area contributed by atoms with Crippen LogP contribution in [0.15, 0.2) is 42.9 Å². The summed E-state index contributed by atoms with van der Waals surface area (Å²) in [4.78, 5) is 28.8. The largest absolute Gasteiger partial charge is 0.342 e. The second kappa shape index (κ2) is 7.51. The lowest BCUT2D eigenvalue weighted by molar-refractivity contribution is -0.137. The van der Waals surface area contributed by atoms with E-state index in [-0.39, 0.29) is 11.8 Å². The molecule has 3 rings (SSSR count). The van der Waals surface area contributed by atoms with Crippen molar-refractivity contribution in [2.45, 2.75) is 45.3 Å². The van der Waals surface area contributed by atoms with Gasteiger partial charge in [-0.1, -0.05) is 44.2 Å². The molecule has 132 valence electrons. The lowest BCUT2D eigenvalue weighted by Gasteiger charge is -2.30. The molecule has 0 aliphatic carbocycles. The smallest absolute Gasteiger partial charge is 0.243 e. The molecular formula is C19H24N4O2. The van der Waals surface area contributed by atoms with E-state index in [1.54, 1.807) is 6.33 Å². The number of hydrogen-bond donors (Lipinski definition) is 2. The van der Waals surface area contributed by atoms with E-state index in [1.807, 2.05) is 42.8 Å². The van der Waals surface area contributed by atoms with Gasteiger partial charge in [-0.2, -0.15) is 0 Å². The van der Waals surface area contributed by atoms with Crippen molar-refractivity contribution in [1.82, 2.24) is 20.2 Å². The number of carbonyl (C=O) groups is 2. The molecule has 6 nitrogen and oxygen atoms in total. The Kier molecular flexibility index (Phi) is 5.16. The van der Waals surface area contributed by atoms with Gasteiger partial charge in [0.25, 0.3) is 0 Å². The van der Waals surface area contributed by atoms with Gasteiger partial charge in [0, 0.05) is 19.2 Å². The Labute approximate surface area is 147 Å². The van der Waals surface area contributed by atoms with Crippen LogP contribution in [0.25, 0.3) is 0 Å². The van der Waals surface area contributed by atoms with Crippen molar-refractivity contribution in [3.8, 4) is 0 Å². The Balaban J connectivity index is 1.59. The molecule has 2 heterocycles. The predicted octanol–water partition coefficient (Wildman–Crippen LogP) is 1.50. The van der Waals surface area contributed by atoms with Gasteiger partial charge >= 0.3 is 0 Å². The summed E-state index contributed by atoms with van der Waals surface area (Å²) in [5, 5.41) is 5.66. The quantitative estimate of drug-likeness (QED) is 0.837. The third-order valence-corrected chi connectivity index (χ3v) is 4.28. The second-order valence-electron chi connectivity index (χ2n) is 6.98. The van der Waals surface area contributed by atoms with Crippen molar-refractivity contribution in [2.24, 2.45) is 5.92 Å². The summed E-state index contributed by atoms with van der Waals surface area (Å²) in [6, 6.07) is 9.12. The first-order valence-electron chi connectivity index (χ1n) is 8.66. The predicted molar refractivity (Wildman–Crippen MR) is 94.8 cm³/mol. The van der Waals surface area contributed by atoms with Gasteiger partial charge in [0.15, 0.2) is 0 Å². The van der Waals surface area contributed by atoms with E-state index in [2.05, 4.69) is 27.8 Å². The fourth-order valence-corrected chi connectivity index (χ4v) is 3.06. The fourth-order valence-electron chi connectivity index (χ4n) is 3.06. The van der Waals surface area contributed by atoms with Crippen LogP contribution in [0.4, 0.5) is 0 Å². The molecule has 6 heteroatoms. The first-order valence-corrected chi connectivity index (χ1v) is 8.66. The summed E-state index contributed by atoms with van der Waals surface area (Å²) < 4.78 is 1.98. The highest BCUT2D eigenvalue weighted by molar-refractivity contribution is 5.97. The van der Waals surface area contributed by atoms with Crippen molar-refractivity contribution in [1.29, 1.82) is 0 Å². The Morgan fingerprint density at radius 1 is 1.08 bits per heavy atom. The van der Waals surface area contributed by atoms with E-state index < -0.39 is 12.1 Å². The van der Waals surface area contributed by atoms with Crippen LogP contribution in [-0.4, -0.2) is 33.4 Å². The first kappa shape index (κ1) is 17.2. The van der Waals surface area contributed by atoms with Crippen molar-refractivity contribution in [3.63, 3.8) is 0 Å². The summed E-state index contributed by atoms with van der Waals surface area (Å²) >= 11 is 0. The molecule has 2 N–H and O–H groups in total. The van der Waals surface area contributed by atoms with Gasteiger partial charge in [-0.25, -0.2) is 4.98 Å². The van der Waals surface area contributed by atoms with Crippen LogP contribution in [-0.2, 0) is 22.6 Å². The van der Waals surface area contributed by atoms with Gasteiger partial charge in [0.05, 0.1) is 12.0 Å². The number of imidazole rings is 1. The summed E-state index contributed by atoms with van der Waals surface area (Å²) in [5.74, 6) is 0.103. The molecule has 1 saturated heterocycles. The zero-order valence-electron chi connectivity index (χ0n) is 14.6. The van der Waals surface area contributed by atoms with Crippen LogP contribution in [0.3, 0.4) is 0 Å². The Bertz CT molecular complexity index is 739. The Morgan fingerprint density at radius 2 is 1.76 bits per heavy atom. The molecule has 0 bridgehead atoms. The minimum atomic E-state index is -0.559. The zero-order valence-corrected chi connectivity index (χ0v) is 14.6. The van der Waals surface area contributed by atoms with E-state index in [9.17, 15) is 9.59 Å². The Hall–Kier alpha value is -2.63. The number of nitrogens with zero attached hydrogens (tertiary/aromatic N) is 2. The highest BCUT2D eigenvalue weighted by Crippen LogP contribution is 2.11. The van der Waals surface area contributed by atoms with Crippen LogP contribution < -0.4 is 10.6 Å². The van der Waals surface area contributed by atoms with E-state index in [4.69, 9.17) is 0 Å². The number of amides is 2. The van der Waals surface area contributed by atoms with Gasteiger partial charge < -0.3 is 15.2 Å². The SMILES string of the molecule is CC(C)C[C@@H]1NC(=O)[C@H](Cc2cn(Cc3ccccc3)cn2)NC1=O. The van der Waals surface area contributed by atoms with E-state index in [1.165, 1.54) is 5.56 Å². The third kappa shape index (κ3) is 4.47. The van der Waals surface area contributed by atoms with Crippen LogP contribution in [0.1, 0.15) is 31.5 Å². The lowest BCUT2D eigenvalue weighted by atomic mass is 9.99. The number of rotatable bonds is 6. The molecule has 0 radical (unpaired) electrons. The highest BCUT2D eigenvalue weighted by atomic mass is 16.2. The van der Waals surface area contributed by atoms with Crippen molar-refractivity contribution >= 4 is 11.8 Å². The maximum atomic E-state index is 12.3. The van der Waals surface area contributed by atoms with Crippen molar-refractivity contribution in [2.75, 3.05) is 0 Å². The third-order valence-electron chi connectivity index (χ3n) is 4.28. The minimum absolute atomic E-state index is 0.109. The highest BCUT2D eigenvalue weighted by Gasteiger charge is 2.34. The molecule has 2 aromatic rings. The summed E-state index contributed by atoms with van der Waals surface area (Å²) in [7, 11) is 0. The minimum Gasteiger partial charge on any atom is -0.342 e. The standard InChI is InChI=1S/C19H24N4O2/c1-13(2)8-16-18(24)22-17(19(25)21-16)9-15-11-23(12-20-15)10-14-6-4-3-5-7-14/h3-7,11-13,16-17H,8-10H2,1-2H3,(H,21,25)(H,22,24)/t16-,17-/m0/s1. The molecular weight excluding hydrogens is 316 g/mol. The fraction of sp³-hybridized carbons (Fsp3) is 0.421. The first-order chi connectivity index (χ1) is 12.0. The molecule has 2 atom stereocenters. The molecule has 1 aromatic carbocycles. The van der Waals surface area contributed by atoms with Crippen LogP contribution in [0, 0.1) is 5.92 Å². The van der Waals surface area contributed by atoms with E-state index in [0.29, 0.717) is 18.8 Å². The summed E-state index contributed by atoms with van der Waals surface area (Å²) in [6.45, 7) is 4.79. The maximum absolute atomic E-state index is 12.3. The van der Waals surface area contributed by atoms with Gasteiger partial charge in [-0.3, -0.25) is 9.59 Å². The number of piperazine rings is 1. The van der Waals surface area contributed by atoms with Gasteiger partial charge in [-0.05, 0) is 17.9 Å². The Morgan fingerprint density at radius 3 is 2.48 bits per heavy atom. The molecule has 25 heavy (non-hydrogen) atoms. The molecule has 1 aliphatic heterocycles. The lowest BCUT2D eigenvalue weighted by Crippen LogP contribution is -2.62. The van der Waals surface area contributed by atoms with Crippen LogP contribution in [0.2, 0.25) is 0 Å². The zero-order chi connectivity index (χ0) is 17.8. The maximum Gasteiger partial charge on any atom is 0.243 e. The van der Waals surface area contributed by atoms with Gasteiger partial charge in [0.1, 0.15) is 12.1 Å². The van der Waals surface area contributed by atoms with Gasteiger partial charge in [0.2, 0.25) is 11.8 Å². The monoisotopic (exact) mass is 340 g/mol. The molecule has 1 fully saturated rings. The number of aromatic nitrogens is 2. The van der Waals surface area contributed by atoms with Crippen molar-refractivity contribution in [3.05, 3.63) is 54.1 Å². The average Bonchev–Trinajstić information content (AvgIpc) is 3.00. The van der Waals surface area contributed by atoms with Crippen LogP contribution >= 0.6 is 0 Å². The van der Waals surface area contributed by atoms with E-state index >= 15 is 0 Å². The van der Waals surface area contributed by atoms with E-state index in [0.717, 1.165) is 12.2 Å². The molecule has 0 spiro atoms. The second-order valence-corrected chi connectivity index (χ2v) is 6.98. The molecule has 0 saturated carbocycles. The van der Waals surface area contributed by atoms with Crippen LogP contribution in [0.5, 0.6) is 0 Å². The normalized spacial score (nSPS) is 20.4. The number of carbonyl (C=O) groups excluding carboxylic acids is 2. The van der Waals surface area contributed by atoms with Crippen molar-refractivity contribution < 1.29 is 9.59 Å². The van der Waals surface area contributed by atoms with Gasteiger partial charge in [-0.15, -0.1) is 0 Å². The molecule has 1 aliphatic rings. The molecule has 2 amide bonds. The number of nitrogens with one attached hydrogen (secondary N) is 2. The summed E-state index contributed by atoms with van der Waals surface area (Å²) in [6.07, 6.45) is 4.73. The molecule has 1 aromatic heterocycles. The topological polar surface area (TPSA) is 76.0 Å². The number of hydrogen-bond acceptors (Lipinski definition) is 3.